The van der Waals surface area contributed by atoms with E-state index in [0.717, 1.165) is 32.0 Å². The number of nitrogens with zero attached hydrogens (tertiary/aromatic N) is 2. The molecule has 5 heteroatoms. The third kappa shape index (κ3) is 2.59. The smallest absolute Gasteiger partial charge is 0.228 e. The van der Waals surface area contributed by atoms with Crippen LogP contribution >= 0.6 is 0 Å². The average Bonchev–Trinajstić information content (AvgIpc) is 2.99. The van der Waals surface area contributed by atoms with Crippen LogP contribution in [-0.4, -0.2) is 47.4 Å². The van der Waals surface area contributed by atoms with E-state index in [9.17, 15) is 13.6 Å². The number of amides is 1. The molecule has 0 unspecified atom stereocenters. The number of hydrogen-bond acceptors (Lipinski definition) is 2. The van der Waals surface area contributed by atoms with E-state index in [2.05, 4.69) is 4.90 Å². The highest BCUT2D eigenvalue weighted by atomic mass is 19.2. The van der Waals surface area contributed by atoms with Crippen molar-refractivity contribution in [2.24, 2.45) is 11.3 Å². The van der Waals surface area contributed by atoms with Gasteiger partial charge in [-0.25, -0.2) is 8.78 Å². The Bertz CT molecular complexity index is 691. The van der Waals surface area contributed by atoms with Gasteiger partial charge in [0.05, 0.1) is 6.04 Å². The molecule has 136 valence electrons. The lowest BCUT2D eigenvalue weighted by Crippen LogP contribution is -2.61. The standard InChI is InChI=1S/C20H26F2N2O/c1-20(2,3)19(25)24-11-14(13-5-4-6-15(21)16(13)22)18-17(24)12-7-9-23(18)10-8-12/h4-6,12,14,17-18H,7-11H2,1-3H3/t14-,17+,18+/m1/s1. The molecule has 1 amide bonds. The van der Waals surface area contributed by atoms with Crippen LogP contribution in [0.4, 0.5) is 8.78 Å². The molecule has 0 aromatic heterocycles. The summed E-state index contributed by atoms with van der Waals surface area (Å²) in [6.07, 6.45) is 2.18. The summed E-state index contributed by atoms with van der Waals surface area (Å²) in [7, 11) is 0. The topological polar surface area (TPSA) is 23.6 Å². The van der Waals surface area contributed by atoms with Crippen molar-refractivity contribution in [3.05, 3.63) is 35.4 Å². The lowest BCUT2D eigenvalue weighted by molar-refractivity contribution is -0.144. The highest BCUT2D eigenvalue weighted by Crippen LogP contribution is 2.48. The Morgan fingerprint density at radius 1 is 1.12 bits per heavy atom. The van der Waals surface area contributed by atoms with Gasteiger partial charge in [0.25, 0.3) is 0 Å². The fourth-order valence-corrected chi connectivity index (χ4v) is 5.17. The van der Waals surface area contributed by atoms with Crippen LogP contribution in [0.25, 0.3) is 0 Å². The Hall–Kier alpha value is -1.49. The maximum atomic E-state index is 14.5. The molecule has 0 aliphatic carbocycles. The quantitative estimate of drug-likeness (QED) is 0.777. The molecule has 3 nitrogen and oxygen atoms in total. The highest BCUT2D eigenvalue weighted by Gasteiger charge is 2.56. The number of fused-ring (bicyclic) bond motifs is 2. The van der Waals surface area contributed by atoms with Crippen LogP contribution in [0.15, 0.2) is 18.2 Å². The van der Waals surface area contributed by atoms with Crippen molar-refractivity contribution in [2.75, 3.05) is 19.6 Å². The second-order valence-corrected chi connectivity index (χ2v) is 8.81. The van der Waals surface area contributed by atoms with Gasteiger partial charge in [0, 0.05) is 23.9 Å². The number of carbonyl (C=O) groups is 1. The van der Waals surface area contributed by atoms with Crippen LogP contribution in [0.3, 0.4) is 0 Å². The van der Waals surface area contributed by atoms with Crippen molar-refractivity contribution in [1.82, 2.24) is 9.80 Å². The van der Waals surface area contributed by atoms with E-state index in [1.165, 1.54) is 0 Å². The lowest BCUT2D eigenvalue weighted by atomic mass is 9.75. The summed E-state index contributed by atoms with van der Waals surface area (Å²) in [6, 6.07) is 4.66. The van der Waals surface area contributed by atoms with Gasteiger partial charge in [0.1, 0.15) is 0 Å². The highest BCUT2D eigenvalue weighted by molar-refractivity contribution is 5.82. The summed E-state index contributed by atoms with van der Waals surface area (Å²) in [4.78, 5) is 17.4. The molecular formula is C20H26F2N2O. The third-order valence-corrected chi connectivity index (χ3v) is 6.28. The Balaban J connectivity index is 1.76. The molecule has 4 aliphatic rings. The van der Waals surface area contributed by atoms with Crippen LogP contribution in [-0.2, 0) is 4.79 Å². The van der Waals surface area contributed by atoms with E-state index in [1.807, 2.05) is 25.7 Å². The molecule has 3 atom stereocenters. The van der Waals surface area contributed by atoms with E-state index in [-0.39, 0.29) is 23.9 Å². The fourth-order valence-electron chi connectivity index (χ4n) is 5.17. The van der Waals surface area contributed by atoms with Gasteiger partial charge in [-0.2, -0.15) is 0 Å². The van der Waals surface area contributed by atoms with Gasteiger partial charge in [-0.15, -0.1) is 0 Å². The van der Waals surface area contributed by atoms with Crippen molar-refractivity contribution in [3.8, 4) is 0 Å². The molecule has 1 aromatic carbocycles. The normalized spacial score (nSPS) is 34.3. The maximum absolute atomic E-state index is 14.5. The molecule has 4 aliphatic heterocycles. The zero-order valence-corrected chi connectivity index (χ0v) is 15.1. The average molecular weight is 348 g/mol. The van der Waals surface area contributed by atoms with E-state index >= 15 is 0 Å². The lowest BCUT2D eigenvalue weighted by Gasteiger charge is -2.51. The van der Waals surface area contributed by atoms with Gasteiger partial charge < -0.3 is 4.90 Å². The first kappa shape index (κ1) is 17.0. The molecule has 25 heavy (non-hydrogen) atoms. The molecule has 1 aromatic rings. The van der Waals surface area contributed by atoms with Gasteiger partial charge in [-0.05, 0) is 43.5 Å². The number of carbonyl (C=O) groups excluding carboxylic acids is 1. The van der Waals surface area contributed by atoms with Crippen LogP contribution in [0.5, 0.6) is 0 Å². The first-order chi connectivity index (χ1) is 11.8. The van der Waals surface area contributed by atoms with Gasteiger partial charge in [0.2, 0.25) is 5.91 Å². The number of likely N-dealkylation sites (tertiary alicyclic amines) is 1. The number of benzene rings is 1. The predicted molar refractivity (Wildman–Crippen MR) is 92.1 cm³/mol. The van der Waals surface area contributed by atoms with Gasteiger partial charge in [-0.3, -0.25) is 9.69 Å². The molecule has 0 radical (unpaired) electrons. The van der Waals surface area contributed by atoms with Crippen LogP contribution in [0.2, 0.25) is 0 Å². The minimum atomic E-state index is -0.800. The van der Waals surface area contributed by atoms with Crippen LogP contribution in [0, 0.1) is 23.0 Å². The Labute approximate surface area is 148 Å². The van der Waals surface area contributed by atoms with Crippen molar-refractivity contribution >= 4 is 5.91 Å². The van der Waals surface area contributed by atoms with E-state index < -0.39 is 17.0 Å². The molecule has 4 heterocycles. The number of piperidine rings is 3. The zero-order chi connectivity index (χ0) is 17.9. The number of halogens is 2. The first-order valence-electron chi connectivity index (χ1n) is 9.28. The van der Waals surface area contributed by atoms with Crippen molar-refractivity contribution in [3.63, 3.8) is 0 Å². The molecule has 0 spiro atoms. The predicted octanol–water partition coefficient (Wildman–Crippen LogP) is 3.40. The molecule has 2 bridgehead atoms. The number of rotatable bonds is 1. The number of hydrogen-bond donors (Lipinski definition) is 0. The summed E-state index contributed by atoms with van der Waals surface area (Å²) >= 11 is 0. The second kappa shape index (κ2) is 5.76. The van der Waals surface area contributed by atoms with Gasteiger partial charge >= 0.3 is 0 Å². The molecule has 0 N–H and O–H groups in total. The minimum Gasteiger partial charge on any atom is -0.337 e. The molecule has 5 rings (SSSR count). The van der Waals surface area contributed by atoms with Gasteiger partial charge in [-0.1, -0.05) is 32.9 Å². The summed E-state index contributed by atoms with van der Waals surface area (Å²) in [5.41, 5.74) is -0.0434. The summed E-state index contributed by atoms with van der Waals surface area (Å²) in [5.74, 6) is -1.11. The molecular weight excluding hydrogens is 322 g/mol. The molecule has 0 saturated carbocycles. The minimum absolute atomic E-state index is 0.107. The first-order valence-corrected chi connectivity index (χ1v) is 9.28. The summed E-state index contributed by atoms with van der Waals surface area (Å²) < 4.78 is 28.3. The second-order valence-electron chi connectivity index (χ2n) is 8.81. The SMILES string of the molecule is CC(C)(C)C(=O)N1C[C@H](c2cccc(F)c2F)[C@H]2[C@@H]1C1CCN2CC1. The Morgan fingerprint density at radius 2 is 1.80 bits per heavy atom. The van der Waals surface area contributed by atoms with Crippen molar-refractivity contribution in [1.29, 1.82) is 0 Å². The third-order valence-electron chi connectivity index (χ3n) is 6.28. The largest absolute Gasteiger partial charge is 0.337 e. The maximum Gasteiger partial charge on any atom is 0.228 e. The Morgan fingerprint density at radius 3 is 2.44 bits per heavy atom. The molecule has 4 fully saturated rings. The Kier molecular flexibility index (Phi) is 3.91. The fraction of sp³-hybridized carbons (Fsp3) is 0.650. The monoisotopic (exact) mass is 348 g/mol. The van der Waals surface area contributed by atoms with Crippen molar-refractivity contribution < 1.29 is 13.6 Å². The van der Waals surface area contributed by atoms with E-state index in [0.29, 0.717) is 18.0 Å². The van der Waals surface area contributed by atoms with Crippen molar-refractivity contribution in [2.45, 2.75) is 51.6 Å². The molecule has 4 saturated heterocycles. The van der Waals surface area contributed by atoms with E-state index in [1.54, 1.807) is 12.1 Å². The van der Waals surface area contributed by atoms with Crippen LogP contribution in [0.1, 0.15) is 45.1 Å². The zero-order valence-electron chi connectivity index (χ0n) is 15.1. The van der Waals surface area contributed by atoms with E-state index in [4.69, 9.17) is 0 Å². The summed E-state index contributed by atoms with van der Waals surface area (Å²) in [5, 5.41) is 0. The summed E-state index contributed by atoms with van der Waals surface area (Å²) in [6.45, 7) is 8.28. The van der Waals surface area contributed by atoms with Gasteiger partial charge in [0.15, 0.2) is 11.6 Å². The van der Waals surface area contributed by atoms with Crippen LogP contribution < -0.4 is 0 Å².